The molecule has 0 N–H and O–H groups in total. The Morgan fingerprint density at radius 3 is 2.52 bits per heavy atom. The van der Waals surface area contributed by atoms with Crippen LogP contribution < -0.4 is 4.74 Å². The maximum Gasteiger partial charge on any atom is 0.339 e. The molecule has 1 fully saturated rings. The van der Waals surface area contributed by atoms with Crippen molar-refractivity contribution in [1.29, 1.82) is 0 Å². The van der Waals surface area contributed by atoms with E-state index in [4.69, 9.17) is 9.47 Å². The smallest absolute Gasteiger partial charge is 0.339 e. The topological polar surface area (TPSA) is 99.0 Å². The number of nitrogens with zero attached hydrogens (tertiary/aromatic N) is 2. The number of carbonyl (C=O) groups is 2. The fourth-order valence-electron chi connectivity index (χ4n) is 2.72. The number of piperidine rings is 1. The Morgan fingerprint density at radius 2 is 1.96 bits per heavy atom. The van der Waals surface area contributed by atoms with Gasteiger partial charge in [0.05, 0.1) is 17.6 Å². The number of methoxy groups -OCH3 is 1. The molecule has 1 aromatic carbocycles. The van der Waals surface area contributed by atoms with Gasteiger partial charge in [-0.25, -0.2) is 4.79 Å². The third-order valence-electron chi connectivity index (χ3n) is 4.34. The average Bonchev–Trinajstić information content (AvgIpc) is 2.60. The van der Waals surface area contributed by atoms with Gasteiger partial charge in [-0.3, -0.25) is 14.9 Å². The van der Waals surface area contributed by atoms with Gasteiger partial charge in [-0.1, -0.05) is 6.92 Å². The fourth-order valence-corrected chi connectivity index (χ4v) is 2.72. The van der Waals surface area contributed by atoms with Crippen molar-refractivity contribution in [2.24, 2.45) is 5.92 Å². The van der Waals surface area contributed by atoms with Gasteiger partial charge in [0, 0.05) is 19.2 Å². The number of amides is 1. The SMILES string of the molecule is COc1ccc(C(=O)O[C@@H](C)C(=O)N2CCC(C)CC2)cc1[N+](=O)[O-]. The zero-order chi connectivity index (χ0) is 18.6. The van der Waals surface area contributed by atoms with Crippen LogP contribution in [0.15, 0.2) is 18.2 Å². The average molecular weight is 350 g/mol. The first-order valence-corrected chi connectivity index (χ1v) is 8.15. The third-order valence-corrected chi connectivity index (χ3v) is 4.34. The van der Waals surface area contributed by atoms with E-state index >= 15 is 0 Å². The molecule has 0 bridgehead atoms. The first kappa shape index (κ1) is 18.7. The lowest BCUT2D eigenvalue weighted by Gasteiger charge is -2.31. The van der Waals surface area contributed by atoms with Crippen LogP contribution in [0.25, 0.3) is 0 Å². The standard InChI is InChI=1S/C17H22N2O6/c1-11-6-8-18(9-7-11)16(20)12(2)25-17(21)13-4-5-15(24-3)14(10-13)19(22)23/h4-5,10-12H,6-9H2,1-3H3/t12-/m0/s1. The molecule has 1 heterocycles. The second-order valence-corrected chi connectivity index (χ2v) is 6.20. The lowest BCUT2D eigenvalue weighted by Crippen LogP contribution is -2.44. The molecule has 1 saturated heterocycles. The van der Waals surface area contributed by atoms with Gasteiger partial charge in [0.1, 0.15) is 0 Å². The molecule has 2 rings (SSSR count). The summed E-state index contributed by atoms with van der Waals surface area (Å²) in [5.74, 6) is -0.393. The second kappa shape index (κ2) is 7.96. The first-order valence-electron chi connectivity index (χ1n) is 8.15. The van der Waals surface area contributed by atoms with E-state index in [0.29, 0.717) is 19.0 Å². The van der Waals surface area contributed by atoms with E-state index in [0.717, 1.165) is 18.9 Å². The van der Waals surface area contributed by atoms with Crippen LogP contribution in [0.5, 0.6) is 5.75 Å². The number of hydrogen-bond acceptors (Lipinski definition) is 6. The van der Waals surface area contributed by atoms with Gasteiger partial charge in [0.15, 0.2) is 11.9 Å². The van der Waals surface area contributed by atoms with Gasteiger partial charge in [-0.15, -0.1) is 0 Å². The molecule has 136 valence electrons. The van der Waals surface area contributed by atoms with Crippen molar-refractivity contribution in [3.8, 4) is 5.75 Å². The Morgan fingerprint density at radius 1 is 1.32 bits per heavy atom. The summed E-state index contributed by atoms with van der Waals surface area (Å²) < 4.78 is 10.1. The molecule has 1 aliphatic heterocycles. The van der Waals surface area contributed by atoms with Crippen molar-refractivity contribution in [2.75, 3.05) is 20.2 Å². The minimum absolute atomic E-state index is 0.000540. The third kappa shape index (κ3) is 4.46. The summed E-state index contributed by atoms with van der Waals surface area (Å²) in [5.41, 5.74) is -0.333. The molecule has 8 nitrogen and oxygen atoms in total. The highest BCUT2D eigenvalue weighted by atomic mass is 16.6. The van der Waals surface area contributed by atoms with Crippen LogP contribution in [0.3, 0.4) is 0 Å². The van der Waals surface area contributed by atoms with Crippen LogP contribution in [-0.2, 0) is 9.53 Å². The lowest BCUT2D eigenvalue weighted by atomic mass is 9.99. The molecule has 0 radical (unpaired) electrons. The Bertz CT molecular complexity index is 667. The van der Waals surface area contributed by atoms with Crippen LogP contribution in [-0.4, -0.2) is 48.0 Å². The lowest BCUT2D eigenvalue weighted by molar-refractivity contribution is -0.385. The predicted octanol–water partition coefficient (Wildman–Crippen LogP) is 2.41. The highest BCUT2D eigenvalue weighted by Gasteiger charge is 2.28. The molecule has 0 aliphatic carbocycles. The van der Waals surface area contributed by atoms with E-state index in [2.05, 4.69) is 6.92 Å². The van der Waals surface area contributed by atoms with Crippen molar-refractivity contribution in [3.63, 3.8) is 0 Å². The first-order chi connectivity index (χ1) is 11.8. The summed E-state index contributed by atoms with van der Waals surface area (Å²) in [4.78, 5) is 36.7. The normalized spacial score (nSPS) is 16.2. The predicted molar refractivity (Wildman–Crippen MR) is 89.5 cm³/mol. The van der Waals surface area contributed by atoms with E-state index in [1.165, 1.54) is 26.2 Å². The number of benzene rings is 1. The zero-order valence-corrected chi connectivity index (χ0v) is 14.6. The molecule has 25 heavy (non-hydrogen) atoms. The Balaban J connectivity index is 2.04. The molecule has 0 saturated carbocycles. The van der Waals surface area contributed by atoms with Crippen molar-refractivity contribution in [2.45, 2.75) is 32.8 Å². The molecule has 0 aromatic heterocycles. The van der Waals surface area contributed by atoms with Gasteiger partial charge >= 0.3 is 11.7 Å². The van der Waals surface area contributed by atoms with Crippen molar-refractivity contribution >= 4 is 17.6 Å². The maximum atomic E-state index is 12.4. The zero-order valence-electron chi connectivity index (χ0n) is 14.6. The van der Waals surface area contributed by atoms with Gasteiger partial charge < -0.3 is 14.4 Å². The van der Waals surface area contributed by atoms with Crippen LogP contribution in [0.2, 0.25) is 0 Å². The quantitative estimate of drug-likeness (QED) is 0.459. The van der Waals surface area contributed by atoms with Gasteiger partial charge in [-0.2, -0.15) is 0 Å². The van der Waals surface area contributed by atoms with Gasteiger partial charge in [0.25, 0.3) is 5.91 Å². The molecule has 8 heteroatoms. The van der Waals surface area contributed by atoms with Crippen LogP contribution in [0.4, 0.5) is 5.69 Å². The maximum absolute atomic E-state index is 12.4. The van der Waals surface area contributed by atoms with E-state index in [9.17, 15) is 19.7 Å². The van der Waals surface area contributed by atoms with Crippen LogP contribution in [0, 0.1) is 16.0 Å². The molecule has 1 aromatic rings. The highest BCUT2D eigenvalue weighted by Crippen LogP contribution is 2.28. The van der Waals surface area contributed by atoms with Gasteiger partial charge in [-0.05, 0) is 37.8 Å². The van der Waals surface area contributed by atoms with E-state index in [-0.39, 0.29) is 22.9 Å². The minimum Gasteiger partial charge on any atom is -0.490 e. The summed E-state index contributed by atoms with van der Waals surface area (Å²) in [6.45, 7) is 4.95. The van der Waals surface area contributed by atoms with Crippen molar-refractivity contribution in [3.05, 3.63) is 33.9 Å². The monoisotopic (exact) mass is 350 g/mol. The second-order valence-electron chi connectivity index (χ2n) is 6.20. The number of likely N-dealkylation sites (tertiary alicyclic amines) is 1. The minimum atomic E-state index is -0.943. The Kier molecular flexibility index (Phi) is 5.95. The molecule has 0 unspecified atom stereocenters. The van der Waals surface area contributed by atoms with Crippen molar-refractivity contribution in [1.82, 2.24) is 4.90 Å². The van der Waals surface area contributed by atoms with E-state index in [1.54, 1.807) is 4.90 Å². The van der Waals surface area contributed by atoms with E-state index in [1.807, 2.05) is 0 Å². The van der Waals surface area contributed by atoms with Gasteiger partial charge in [0.2, 0.25) is 0 Å². The number of ether oxygens (including phenoxy) is 2. The van der Waals surface area contributed by atoms with Crippen LogP contribution in [0.1, 0.15) is 37.0 Å². The number of carbonyl (C=O) groups excluding carboxylic acids is 2. The molecule has 0 spiro atoms. The fraction of sp³-hybridized carbons (Fsp3) is 0.529. The number of esters is 1. The summed E-state index contributed by atoms with van der Waals surface area (Å²) in [7, 11) is 1.31. The largest absolute Gasteiger partial charge is 0.490 e. The molecule has 1 amide bonds. The van der Waals surface area contributed by atoms with Crippen LogP contribution >= 0.6 is 0 Å². The van der Waals surface area contributed by atoms with E-state index < -0.39 is 17.0 Å². The number of hydrogen-bond donors (Lipinski definition) is 0. The highest BCUT2D eigenvalue weighted by molar-refractivity contribution is 5.93. The molecule has 1 aliphatic rings. The number of nitro groups is 1. The Hall–Kier alpha value is -2.64. The van der Waals surface area contributed by atoms with Crippen molar-refractivity contribution < 1.29 is 24.0 Å². The number of rotatable bonds is 5. The summed E-state index contributed by atoms with van der Waals surface area (Å²) in [6, 6.07) is 3.78. The Labute approximate surface area is 145 Å². The summed E-state index contributed by atoms with van der Waals surface area (Å²) >= 11 is 0. The molecular weight excluding hydrogens is 328 g/mol. The summed E-state index contributed by atoms with van der Waals surface area (Å²) in [6.07, 6.45) is 0.913. The molecule has 1 atom stereocenters. The molecular formula is C17H22N2O6. The summed E-state index contributed by atoms with van der Waals surface area (Å²) in [5, 5.41) is 11.0. The number of nitro benzene ring substituents is 1.